The summed E-state index contributed by atoms with van der Waals surface area (Å²) in [7, 11) is 0. The lowest BCUT2D eigenvalue weighted by molar-refractivity contribution is 0.0517. The van der Waals surface area contributed by atoms with Gasteiger partial charge in [-0.25, -0.2) is 18.7 Å². The van der Waals surface area contributed by atoms with E-state index in [9.17, 15) is 14.0 Å². The first kappa shape index (κ1) is 17.2. The summed E-state index contributed by atoms with van der Waals surface area (Å²) in [5.41, 5.74) is 0.795. The molecule has 0 amide bonds. The first-order valence-corrected chi connectivity index (χ1v) is 8.75. The second-order valence-corrected chi connectivity index (χ2v) is 6.28. The van der Waals surface area contributed by atoms with E-state index in [1.165, 1.54) is 16.8 Å². The topological polar surface area (TPSA) is 92.6 Å². The van der Waals surface area contributed by atoms with Crippen molar-refractivity contribution in [3.8, 4) is 0 Å². The van der Waals surface area contributed by atoms with Crippen molar-refractivity contribution in [2.45, 2.75) is 25.8 Å². The van der Waals surface area contributed by atoms with Gasteiger partial charge in [-0.3, -0.25) is 4.79 Å². The van der Waals surface area contributed by atoms with Crippen LogP contribution in [0.5, 0.6) is 0 Å². The molecule has 4 heterocycles. The molecule has 1 aliphatic rings. The average molecular weight is 371 g/mol. The van der Waals surface area contributed by atoms with Crippen LogP contribution >= 0.6 is 0 Å². The molecule has 0 aliphatic carbocycles. The van der Waals surface area contributed by atoms with Gasteiger partial charge in [-0.2, -0.15) is 0 Å². The number of ether oxygens (including phenoxy) is 1. The standard InChI is InChI=1S/C18H18FN5O3/c1-2-27-18(26)14-10-20-15-5-6-16(22-24(14)15)23-7-3-4-13(23)12-8-11(19)9-21-17(12)25/h5-6,8-10,13H,2-4,7H2,1H3,(H,21,25)/t13-/m1/s1. The second kappa shape index (κ2) is 6.82. The van der Waals surface area contributed by atoms with Crippen molar-refractivity contribution < 1.29 is 13.9 Å². The average Bonchev–Trinajstić information content (AvgIpc) is 3.30. The Morgan fingerprint density at radius 2 is 2.30 bits per heavy atom. The van der Waals surface area contributed by atoms with Gasteiger partial charge in [0.05, 0.1) is 18.8 Å². The number of pyridine rings is 1. The lowest BCUT2D eigenvalue weighted by atomic mass is 10.1. The van der Waals surface area contributed by atoms with Crippen molar-refractivity contribution in [1.82, 2.24) is 19.6 Å². The van der Waals surface area contributed by atoms with E-state index in [4.69, 9.17) is 4.74 Å². The van der Waals surface area contributed by atoms with Gasteiger partial charge in [-0.05, 0) is 38.0 Å². The van der Waals surface area contributed by atoms with E-state index < -0.39 is 11.8 Å². The highest BCUT2D eigenvalue weighted by atomic mass is 19.1. The van der Waals surface area contributed by atoms with Crippen molar-refractivity contribution in [2.75, 3.05) is 18.1 Å². The molecular formula is C18H18FN5O3. The molecule has 8 nitrogen and oxygen atoms in total. The van der Waals surface area contributed by atoms with Crippen LogP contribution in [-0.4, -0.2) is 38.7 Å². The second-order valence-electron chi connectivity index (χ2n) is 6.28. The van der Waals surface area contributed by atoms with Gasteiger partial charge in [-0.1, -0.05) is 0 Å². The number of anilines is 1. The Kier molecular flexibility index (Phi) is 4.35. The molecule has 1 saturated heterocycles. The van der Waals surface area contributed by atoms with Gasteiger partial charge >= 0.3 is 5.97 Å². The predicted octanol–water partition coefficient (Wildman–Crippen LogP) is 2.07. The summed E-state index contributed by atoms with van der Waals surface area (Å²) in [6, 6.07) is 4.50. The summed E-state index contributed by atoms with van der Waals surface area (Å²) in [6.07, 6.45) is 4.02. The van der Waals surface area contributed by atoms with Gasteiger partial charge in [0.2, 0.25) is 0 Å². The quantitative estimate of drug-likeness (QED) is 0.706. The fourth-order valence-electron chi connectivity index (χ4n) is 3.45. The van der Waals surface area contributed by atoms with E-state index >= 15 is 0 Å². The highest BCUT2D eigenvalue weighted by molar-refractivity contribution is 5.88. The van der Waals surface area contributed by atoms with Gasteiger partial charge in [0.1, 0.15) is 11.6 Å². The summed E-state index contributed by atoms with van der Waals surface area (Å²) >= 11 is 0. The summed E-state index contributed by atoms with van der Waals surface area (Å²) in [6.45, 7) is 2.65. The summed E-state index contributed by atoms with van der Waals surface area (Å²) in [5, 5.41) is 4.52. The van der Waals surface area contributed by atoms with Crippen LogP contribution in [0.3, 0.4) is 0 Å². The van der Waals surface area contributed by atoms with Crippen LogP contribution in [0.2, 0.25) is 0 Å². The Morgan fingerprint density at radius 1 is 1.44 bits per heavy atom. The number of aromatic nitrogens is 4. The normalized spacial score (nSPS) is 16.8. The molecule has 9 heteroatoms. The number of carbonyl (C=O) groups is 1. The zero-order chi connectivity index (χ0) is 19.0. The SMILES string of the molecule is CCOC(=O)c1cnc2ccc(N3CCC[C@@H]3c3cc(F)c[nH]c3=O)nn12. The molecule has 4 rings (SSSR count). The highest BCUT2D eigenvalue weighted by Crippen LogP contribution is 2.34. The summed E-state index contributed by atoms with van der Waals surface area (Å²) < 4.78 is 20.1. The van der Waals surface area contributed by atoms with Crippen LogP contribution in [0.1, 0.15) is 41.9 Å². The van der Waals surface area contributed by atoms with E-state index in [1.54, 1.807) is 19.1 Å². The third-order valence-corrected chi connectivity index (χ3v) is 4.64. The van der Waals surface area contributed by atoms with Crippen LogP contribution in [0.25, 0.3) is 5.65 Å². The van der Waals surface area contributed by atoms with E-state index in [0.29, 0.717) is 30.0 Å². The third-order valence-electron chi connectivity index (χ3n) is 4.64. The van der Waals surface area contributed by atoms with Gasteiger partial charge in [0.15, 0.2) is 11.3 Å². The molecule has 0 aromatic carbocycles. The molecule has 0 spiro atoms. The lowest BCUT2D eigenvalue weighted by Crippen LogP contribution is -2.29. The summed E-state index contributed by atoms with van der Waals surface area (Å²) in [4.78, 5) is 32.8. The molecule has 1 N–H and O–H groups in total. The molecule has 3 aromatic heterocycles. The van der Waals surface area contributed by atoms with Crippen LogP contribution in [-0.2, 0) is 4.74 Å². The predicted molar refractivity (Wildman–Crippen MR) is 95.3 cm³/mol. The van der Waals surface area contributed by atoms with Gasteiger partial charge < -0.3 is 14.6 Å². The van der Waals surface area contributed by atoms with Crippen molar-refractivity contribution in [3.05, 3.63) is 58.0 Å². The molecule has 140 valence electrons. The number of hydrogen-bond donors (Lipinski definition) is 1. The highest BCUT2D eigenvalue weighted by Gasteiger charge is 2.30. The molecule has 3 aromatic rings. The number of esters is 1. The monoisotopic (exact) mass is 371 g/mol. The first-order chi connectivity index (χ1) is 13.1. The molecule has 0 radical (unpaired) electrons. The Morgan fingerprint density at radius 3 is 3.11 bits per heavy atom. The Hall–Kier alpha value is -3.23. The molecule has 0 unspecified atom stereocenters. The third kappa shape index (κ3) is 3.05. The van der Waals surface area contributed by atoms with E-state index in [-0.39, 0.29) is 23.9 Å². The zero-order valence-electron chi connectivity index (χ0n) is 14.7. The maximum Gasteiger partial charge on any atom is 0.358 e. The number of hydrogen-bond acceptors (Lipinski definition) is 6. The number of nitrogens with one attached hydrogen (secondary N) is 1. The molecule has 1 fully saturated rings. The van der Waals surface area contributed by atoms with Crippen LogP contribution in [0, 0.1) is 5.82 Å². The van der Waals surface area contributed by atoms with Gasteiger partial charge in [-0.15, -0.1) is 5.10 Å². The van der Waals surface area contributed by atoms with E-state index in [0.717, 1.165) is 12.6 Å². The zero-order valence-corrected chi connectivity index (χ0v) is 14.7. The fourth-order valence-corrected chi connectivity index (χ4v) is 3.45. The minimum absolute atomic E-state index is 0.230. The number of nitrogens with zero attached hydrogens (tertiary/aromatic N) is 4. The largest absolute Gasteiger partial charge is 0.461 e. The van der Waals surface area contributed by atoms with Crippen LogP contribution in [0.4, 0.5) is 10.2 Å². The molecular weight excluding hydrogens is 353 g/mol. The molecule has 1 atom stereocenters. The maximum atomic E-state index is 13.6. The molecule has 0 saturated carbocycles. The van der Waals surface area contributed by atoms with Crippen molar-refractivity contribution in [2.24, 2.45) is 0 Å². The van der Waals surface area contributed by atoms with Gasteiger partial charge in [0.25, 0.3) is 5.56 Å². The number of fused-ring (bicyclic) bond motifs is 1. The fraction of sp³-hybridized carbons (Fsp3) is 0.333. The number of halogens is 1. The molecule has 0 bridgehead atoms. The minimum Gasteiger partial charge on any atom is -0.461 e. The molecule has 27 heavy (non-hydrogen) atoms. The smallest absolute Gasteiger partial charge is 0.358 e. The number of imidazole rings is 1. The molecule has 1 aliphatic heterocycles. The van der Waals surface area contributed by atoms with Crippen LogP contribution in [0.15, 0.2) is 35.4 Å². The van der Waals surface area contributed by atoms with Crippen LogP contribution < -0.4 is 10.5 Å². The lowest BCUT2D eigenvalue weighted by Gasteiger charge is -2.25. The number of rotatable bonds is 4. The number of aromatic amines is 1. The van der Waals surface area contributed by atoms with E-state index in [2.05, 4.69) is 15.1 Å². The Labute approximate surface area is 153 Å². The maximum absolute atomic E-state index is 13.6. The van der Waals surface area contributed by atoms with Crippen molar-refractivity contribution in [1.29, 1.82) is 0 Å². The number of carbonyl (C=O) groups excluding carboxylic acids is 1. The first-order valence-electron chi connectivity index (χ1n) is 8.75. The Balaban J connectivity index is 1.74. The van der Waals surface area contributed by atoms with Crippen molar-refractivity contribution >= 4 is 17.4 Å². The van der Waals surface area contributed by atoms with Gasteiger partial charge in [0, 0.05) is 18.3 Å². The summed E-state index contributed by atoms with van der Waals surface area (Å²) in [5.74, 6) is -0.412. The minimum atomic E-state index is -0.505. The number of H-pyrrole nitrogens is 1. The van der Waals surface area contributed by atoms with E-state index in [1.807, 2.05) is 4.90 Å². The Bertz CT molecular complexity index is 1060. The van der Waals surface area contributed by atoms with Crippen molar-refractivity contribution in [3.63, 3.8) is 0 Å².